The van der Waals surface area contributed by atoms with E-state index in [1.54, 1.807) is 6.07 Å². The Balaban J connectivity index is 1.34. The second-order valence-electron chi connectivity index (χ2n) is 8.27. The first-order valence-corrected chi connectivity index (χ1v) is 10.4. The maximum absolute atomic E-state index is 12.8. The van der Waals surface area contributed by atoms with E-state index in [9.17, 15) is 4.79 Å². The standard InChI is InChI=1S/C24H26N2O3/c1-15-6-7-20(28-15)18-4-3-5-19(14-18)21-8-9-22(29-21)24(27)25-23-16(2)26-12-10-17(23)11-13-26/h3-9,14,16-17,23H,10-13H2,1-2H3,(H,25,27)/t16-,23-/m0/s1. The number of fused-ring (bicyclic) bond motifs is 3. The van der Waals surface area contributed by atoms with Crippen molar-refractivity contribution in [2.45, 2.75) is 38.8 Å². The average molecular weight is 390 g/mol. The fourth-order valence-electron chi connectivity index (χ4n) is 4.80. The predicted octanol–water partition coefficient (Wildman–Crippen LogP) is 4.73. The first kappa shape index (κ1) is 18.3. The van der Waals surface area contributed by atoms with E-state index >= 15 is 0 Å². The summed E-state index contributed by atoms with van der Waals surface area (Å²) < 4.78 is 11.7. The molecule has 1 amide bonds. The zero-order valence-corrected chi connectivity index (χ0v) is 16.9. The molecule has 0 unspecified atom stereocenters. The Kier molecular flexibility index (Phi) is 4.55. The quantitative estimate of drug-likeness (QED) is 0.700. The number of aryl methyl sites for hydroxylation is 1. The lowest BCUT2D eigenvalue weighted by Crippen LogP contribution is -2.62. The molecule has 5 nitrogen and oxygen atoms in total. The molecule has 3 aliphatic heterocycles. The van der Waals surface area contributed by atoms with Crippen LogP contribution in [-0.4, -0.2) is 36.0 Å². The summed E-state index contributed by atoms with van der Waals surface area (Å²) in [5.41, 5.74) is 1.91. The van der Waals surface area contributed by atoms with Crippen LogP contribution in [0.25, 0.3) is 22.6 Å². The molecule has 0 spiro atoms. The minimum atomic E-state index is -0.125. The van der Waals surface area contributed by atoms with Gasteiger partial charge in [-0.15, -0.1) is 0 Å². The van der Waals surface area contributed by atoms with Crippen molar-refractivity contribution in [2.75, 3.05) is 13.1 Å². The number of nitrogens with one attached hydrogen (secondary N) is 1. The number of hydrogen-bond donors (Lipinski definition) is 1. The molecule has 150 valence electrons. The fourth-order valence-corrected chi connectivity index (χ4v) is 4.80. The van der Waals surface area contributed by atoms with Gasteiger partial charge in [0.05, 0.1) is 0 Å². The monoisotopic (exact) mass is 390 g/mol. The summed E-state index contributed by atoms with van der Waals surface area (Å²) in [6, 6.07) is 16.1. The van der Waals surface area contributed by atoms with Gasteiger partial charge in [-0.2, -0.15) is 0 Å². The Morgan fingerprint density at radius 1 is 1.00 bits per heavy atom. The third-order valence-corrected chi connectivity index (χ3v) is 6.48. The summed E-state index contributed by atoms with van der Waals surface area (Å²) in [5, 5.41) is 3.23. The molecule has 2 atom stereocenters. The Hall–Kier alpha value is -2.79. The van der Waals surface area contributed by atoms with Gasteiger partial charge in [0.2, 0.25) is 0 Å². The molecule has 1 aromatic carbocycles. The first-order valence-electron chi connectivity index (χ1n) is 10.4. The molecule has 3 aromatic rings. The number of benzene rings is 1. The Morgan fingerprint density at radius 2 is 1.69 bits per heavy atom. The normalized spacial score (nSPS) is 25.9. The molecule has 0 aliphatic carbocycles. The molecule has 1 N–H and O–H groups in total. The van der Waals surface area contributed by atoms with Crippen molar-refractivity contribution in [3.63, 3.8) is 0 Å². The molecular weight excluding hydrogens is 364 g/mol. The molecule has 2 aromatic heterocycles. The van der Waals surface area contributed by atoms with Gasteiger partial charge in [-0.05, 0) is 76.0 Å². The minimum absolute atomic E-state index is 0.125. The highest BCUT2D eigenvalue weighted by atomic mass is 16.4. The van der Waals surface area contributed by atoms with Gasteiger partial charge in [-0.25, -0.2) is 0 Å². The van der Waals surface area contributed by atoms with Crippen molar-refractivity contribution >= 4 is 5.91 Å². The van der Waals surface area contributed by atoms with Gasteiger partial charge in [0.1, 0.15) is 17.3 Å². The summed E-state index contributed by atoms with van der Waals surface area (Å²) in [5.74, 6) is 3.20. The summed E-state index contributed by atoms with van der Waals surface area (Å²) in [6.07, 6.45) is 2.33. The highest BCUT2D eigenvalue weighted by Crippen LogP contribution is 2.33. The lowest BCUT2D eigenvalue weighted by Gasteiger charge is -2.49. The third kappa shape index (κ3) is 3.40. The molecule has 29 heavy (non-hydrogen) atoms. The highest BCUT2D eigenvalue weighted by molar-refractivity contribution is 5.92. The SMILES string of the molecule is Cc1ccc(-c2cccc(-c3ccc(C(=O)N[C@@H]4C5CCN(CC5)[C@H]4C)o3)c2)o1. The number of amides is 1. The van der Waals surface area contributed by atoms with Crippen LogP contribution in [-0.2, 0) is 0 Å². The Labute approximate surface area is 170 Å². The van der Waals surface area contributed by atoms with Gasteiger partial charge in [-0.1, -0.05) is 18.2 Å². The molecule has 3 fully saturated rings. The van der Waals surface area contributed by atoms with Crippen LogP contribution in [0.3, 0.4) is 0 Å². The fraction of sp³-hybridized carbons (Fsp3) is 0.375. The smallest absolute Gasteiger partial charge is 0.287 e. The summed E-state index contributed by atoms with van der Waals surface area (Å²) in [6.45, 7) is 6.44. The maximum atomic E-state index is 12.8. The van der Waals surface area contributed by atoms with Crippen molar-refractivity contribution in [1.82, 2.24) is 10.2 Å². The molecular formula is C24H26N2O3. The van der Waals surface area contributed by atoms with E-state index in [0.717, 1.165) is 48.6 Å². The van der Waals surface area contributed by atoms with Crippen LogP contribution in [0.5, 0.6) is 0 Å². The second-order valence-corrected chi connectivity index (χ2v) is 8.27. The minimum Gasteiger partial charge on any atom is -0.461 e. The maximum Gasteiger partial charge on any atom is 0.287 e. The van der Waals surface area contributed by atoms with Crippen molar-refractivity contribution < 1.29 is 13.6 Å². The van der Waals surface area contributed by atoms with Crippen molar-refractivity contribution in [3.8, 4) is 22.6 Å². The van der Waals surface area contributed by atoms with E-state index in [1.807, 2.05) is 49.4 Å². The van der Waals surface area contributed by atoms with Gasteiger partial charge >= 0.3 is 0 Å². The van der Waals surface area contributed by atoms with Gasteiger partial charge in [-0.3, -0.25) is 9.69 Å². The van der Waals surface area contributed by atoms with Crippen molar-refractivity contribution in [2.24, 2.45) is 5.92 Å². The molecule has 3 saturated heterocycles. The van der Waals surface area contributed by atoms with E-state index in [1.165, 1.54) is 0 Å². The number of furan rings is 2. The number of piperidine rings is 3. The van der Waals surface area contributed by atoms with Crippen LogP contribution in [0.2, 0.25) is 0 Å². The molecule has 3 aliphatic rings. The Bertz CT molecular complexity index is 1020. The zero-order chi connectivity index (χ0) is 20.0. The van der Waals surface area contributed by atoms with Crippen LogP contribution in [0.1, 0.15) is 36.1 Å². The van der Waals surface area contributed by atoms with Crippen LogP contribution in [0.4, 0.5) is 0 Å². The summed E-state index contributed by atoms with van der Waals surface area (Å²) >= 11 is 0. The van der Waals surface area contributed by atoms with E-state index in [0.29, 0.717) is 23.5 Å². The number of carbonyl (C=O) groups is 1. The van der Waals surface area contributed by atoms with E-state index in [4.69, 9.17) is 8.83 Å². The molecule has 0 saturated carbocycles. The topological polar surface area (TPSA) is 58.6 Å². The summed E-state index contributed by atoms with van der Waals surface area (Å²) in [7, 11) is 0. The summed E-state index contributed by atoms with van der Waals surface area (Å²) in [4.78, 5) is 15.3. The van der Waals surface area contributed by atoms with Crippen molar-refractivity contribution in [3.05, 3.63) is 60.1 Å². The van der Waals surface area contributed by atoms with Crippen LogP contribution in [0, 0.1) is 12.8 Å². The number of nitrogens with zero attached hydrogens (tertiary/aromatic N) is 1. The zero-order valence-electron chi connectivity index (χ0n) is 16.9. The largest absolute Gasteiger partial charge is 0.461 e. The Morgan fingerprint density at radius 3 is 2.34 bits per heavy atom. The molecule has 5 heterocycles. The lowest BCUT2D eigenvalue weighted by atomic mass is 9.79. The van der Waals surface area contributed by atoms with Gasteiger partial charge in [0.15, 0.2) is 5.76 Å². The molecule has 5 heteroatoms. The van der Waals surface area contributed by atoms with E-state index < -0.39 is 0 Å². The van der Waals surface area contributed by atoms with Gasteiger partial charge < -0.3 is 14.2 Å². The lowest BCUT2D eigenvalue weighted by molar-refractivity contribution is 0.0211. The van der Waals surface area contributed by atoms with Crippen LogP contribution < -0.4 is 5.32 Å². The predicted molar refractivity (Wildman–Crippen MR) is 112 cm³/mol. The molecule has 6 rings (SSSR count). The number of carbonyl (C=O) groups excluding carboxylic acids is 1. The highest BCUT2D eigenvalue weighted by Gasteiger charge is 2.40. The van der Waals surface area contributed by atoms with Gasteiger partial charge in [0.25, 0.3) is 5.91 Å². The van der Waals surface area contributed by atoms with E-state index in [2.05, 4.69) is 17.1 Å². The van der Waals surface area contributed by atoms with Crippen molar-refractivity contribution in [1.29, 1.82) is 0 Å². The second kappa shape index (κ2) is 7.23. The third-order valence-electron chi connectivity index (χ3n) is 6.48. The van der Waals surface area contributed by atoms with E-state index in [-0.39, 0.29) is 11.9 Å². The number of hydrogen-bond acceptors (Lipinski definition) is 4. The number of rotatable bonds is 4. The average Bonchev–Trinajstić information content (AvgIpc) is 3.41. The molecule has 2 bridgehead atoms. The van der Waals surface area contributed by atoms with Crippen LogP contribution >= 0.6 is 0 Å². The van der Waals surface area contributed by atoms with Crippen LogP contribution in [0.15, 0.2) is 57.4 Å². The first-order chi connectivity index (χ1) is 14.1. The van der Waals surface area contributed by atoms with Gasteiger partial charge in [0, 0.05) is 23.2 Å². The molecule has 0 radical (unpaired) electrons.